The maximum Gasteiger partial charge on any atom is 0.228 e. The van der Waals surface area contributed by atoms with E-state index in [2.05, 4.69) is 29.3 Å². The molecule has 0 aromatic heterocycles. The van der Waals surface area contributed by atoms with Crippen LogP contribution in [0.5, 0.6) is 17.2 Å². The van der Waals surface area contributed by atoms with Crippen molar-refractivity contribution in [2.45, 2.75) is 26.2 Å². The van der Waals surface area contributed by atoms with Gasteiger partial charge in [0.15, 0.2) is 11.5 Å². The molecule has 6 heteroatoms. The van der Waals surface area contributed by atoms with Crippen LogP contribution < -0.4 is 24.4 Å². The van der Waals surface area contributed by atoms with Gasteiger partial charge in [-0.05, 0) is 60.7 Å². The number of ether oxygens (including phenoxy) is 3. The summed E-state index contributed by atoms with van der Waals surface area (Å²) in [7, 11) is 4.68. The van der Waals surface area contributed by atoms with Gasteiger partial charge in [-0.2, -0.15) is 0 Å². The van der Waals surface area contributed by atoms with Crippen molar-refractivity contribution in [1.82, 2.24) is 0 Å². The van der Waals surface area contributed by atoms with E-state index in [9.17, 15) is 4.79 Å². The van der Waals surface area contributed by atoms with Gasteiger partial charge >= 0.3 is 0 Å². The Morgan fingerprint density at radius 1 is 1.00 bits per heavy atom. The minimum Gasteiger partial charge on any atom is -0.493 e. The highest BCUT2D eigenvalue weighted by molar-refractivity contribution is 5.92. The Kier molecular flexibility index (Phi) is 6.86. The average molecular weight is 399 g/mol. The summed E-state index contributed by atoms with van der Waals surface area (Å²) < 4.78 is 16.0. The van der Waals surface area contributed by atoms with E-state index >= 15 is 0 Å². The molecule has 2 aromatic rings. The zero-order chi connectivity index (χ0) is 20.8. The highest BCUT2D eigenvalue weighted by Gasteiger charge is 2.17. The summed E-state index contributed by atoms with van der Waals surface area (Å²) in [4.78, 5) is 14.9. The molecular formula is C23H30N2O4. The molecule has 1 aliphatic rings. The SMILES string of the molecule is COc1cc(CC(=O)Nc2ccc(N3CCC(C)CC3)cc2)cc(OC)c1OC. The van der Waals surface area contributed by atoms with Gasteiger partial charge in [0.25, 0.3) is 0 Å². The molecule has 6 nitrogen and oxygen atoms in total. The zero-order valence-corrected chi connectivity index (χ0v) is 17.7. The van der Waals surface area contributed by atoms with E-state index < -0.39 is 0 Å². The number of amides is 1. The molecule has 1 heterocycles. The van der Waals surface area contributed by atoms with Gasteiger partial charge in [0.05, 0.1) is 27.8 Å². The van der Waals surface area contributed by atoms with Gasteiger partial charge in [0, 0.05) is 24.5 Å². The van der Waals surface area contributed by atoms with Crippen LogP contribution in [0.1, 0.15) is 25.3 Å². The van der Waals surface area contributed by atoms with Crippen LogP contribution in [-0.4, -0.2) is 40.3 Å². The molecule has 0 radical (unpaired) electrons. The van der Waals surface area contributed by atoms with Crippen molar-refractivity contribution in [1.29, 1.82) is 0 Å². The summed E-state index contributed by atoms with van der Waals surface area (Å²) in [6, 6.07) is 11.7. The lowest BCUT2D eigenvalue weighted by Gasteiger charge is -2.32. The second-order valence-electron chi connectivity index (χ2n) is 7.47. The minimum atomic E-state index is -0.0983. The van der Waals surface area contributed by atoms with Gasteiger partial charge in [-0.3, -0.25) is 4.79 Å². The molecule has 156 valence electrons. The molecule has 1 fully saturated rings. The molecule has 3 rings (SSSR count). The first-order valence-electron chi connectivity index (χ1n) is 9.97. The van der Waals surface area contributed by atoms with Gasteiger partial charge in [-0.15, -0.1) is 0 Å². The minimum absolute atomic E-state index is 0.0983. The lowest BCUT2D eigenvalue weighted by atomic mass is 9.99. The van der Waals surface area contributed by atoms with E-state index in [1.807, 2.05) is 12.1 Å². The second-order valence-corrected chi connectivity index (χ2v) is 7.47. The van der Waals surface area contributed by atoms with Crippen LogP contribution in [0.2, 0.25) is 0 Å². The Hall–Kier alpha value is -2.89. The van der Waals surface area contributed by atoms with Crippen molar-refractivity contribution in [2.75, 3.05) is 44.6 Å². The normalized spacial score (nSPS) is 14.4. The molecule has 0 aliphatic carbocycles. The number of methoxy groups -OCH3 is 3. The number of anilines is 2. The number of rotatable bonds is 7. The predicted molar refractivity (Wildman–Crippen MR) is 115 cm³/mol. The molecule has 29 heavy (non-hydrogen) atoms. The van der Waals surface area contributed by atoms with E-state index in [0.717, 1.165) is 30.3 Å². The third-order valence-corrected chi connectivity index (χ3v) is 5.39. The summed E-state index contributed by atoms with van der Waals surface area (Å²) >= 11 is 0. The number of hydrogen-bond acceptors (Lipinski definition) is 5. The van der Waals surface area contributed by atoms with Gasteiger partial charge < -0.3 is 24.4 Å². The van der Waals surface area contributed by atoms with Crippen LogP contribution in [0, 0.1) is 5.92 Å². The predicted octanol–water partition coefficient (Wildman–Crippen LogP) is 4.13. The van der Waals surface area contributed by atoms with Gasteiger partial charge in [-0.1, -0.05) is 6.92 Å². The van der Waals surface area contributed by atoms with Crippen LogP contribution in [0.3, 0.4) is 0 Å². The van der Waals surface area contributed by atoms with E-state index in [4.69, 9.17) is 14.2 Å². The van der Waals surface area contributed by atoms with Crippen molar-refractivity contribution in [2.24, 2.45) is 5.92 Å². The quantitative estimate of drug-likeness (QED) is 0.760. The topological polar surface area (TPSA) is 60.0 Å². The third kappa shape index (κ3) is 5.13. The van der Waals surface area contributed by atoms with E-state index in [1.54, 1.807) is 33.5 Å². The second kappa shape index (κ2) is 9.54. The first-order chi connectivity index (χ1) is 14.0. The highest BCUT2D eigenvalue weighted by atomic mass is 16.5. The highest BCUT2D eigenvalue weighted by Crippen LogP contribution is 2.38. The Morgan fingerprint density at radius 2 is 1.59 bits per heavy atom. The Labute approximate surface area is 172 Å². The molecule has 0 spiro atoms. The number of carbonyl (C=O) groups excluding carboxylic acids is 1. The fourth-order valence-electron chi connectivity index (χ4n) is 3.65. The maximum absolute atomic E-state index is 12.5. The standard InChI is InChI=1S/C23H30N2O4/c1-16-9-11-25(12-10-16)19-7-5-18(6-8-19)24-22(26)15-17-13-20(27-2)23(29-4)21(14-17)28-3/h5-8,13-14,16H,9-12,15H2,1-4H3,(H,24,26). The lowest BCUT2D eigenvalue weighted by molar-refractivity contribution is -0.115. The number of nitrogens with one attached hydrogen (secondary N) is 1. The molecular weight excluding hydrogens is 368 g/mol. The smallest absolute Gasteiger partial charge is 0.228 e. The van der Waals surface area contributed by atoms with Crippen molar-refractivity contribution < 1.29 is 19.0 Å². The van der Waals surface area contributed by atoms with E-state index in [1.165, 1.54) is 18.5 Å². The number of nitrogens with zero attached hydrogens (tertiary/aromatic N) is 1. The fourth-order valence-corrected chi connectivity index (χ4v) is 3.65. The van der Waals surface area contributed by atoms with Crippen LogP contribution in [-0.2, 0) is 11.2 Å². The van der Waals surface area contributed by atoms with Gasteiger partial charge in [-0.25, -0.2) is 0 Å². The number of carbonyl (C=O) groups is 1. The van der Waals surface area contributed by atoms with E-state index in [0.29, 0.717) is 17.2 Å². The van der Waals surface area contributed by atoms with Gasteiger partial charge in [0.2, 0.25) is 11.7 Å². The molecule has 1 saturated heterocycles. The summed E-state index contributed by atoms with van der Waals surface area (Å²) in [6.45, 7) is 4.49. The molecule has 1 aliphatic heterocycles. The monoisotopic (exact) mass is 398 g/mol. The number of benzene rings is 2. The van der Waals surface area contributed by atoms with E-state index in [-0.39, 0.29) is 12.3 Å². The molecule has 2 aromatic carbocycles. The molecule has 0 unspecified atom stereocenters. The molecule has 1 amide bonds. The summed E-state index contributed by atoms with van der Waals surface area (Å²) in [5.41, 5.74) is 2.78. The Morgan fingerprint density at radius 3 is 2.10 bits per heavy atom. The number of hydrogen-bond donors (Lipinski definition) is 1. The van der Waals surface area contributed by atoms with Crippen LogP contribution in [0.25, 0.3) is 0 Å². The molecule has 0 atom stereocenters. The fraction of sp³-hybridized carbons (Fsp3) is 0.435. The maximum atomic E-state index is 12.5. The molecule has 1 N–H and O–H groups in total. The summed E-state index contributed by atoms with van der Waals surface area (Å²) in [6.07, 6.45) is 2.67. The van der Waals surface area contributed by atoms with Crippen LogP contribution >= 0.6 is 0 Å². The number of piperidine rings is 1. The first-order valence-corrected chi connectivity index (χ1v) is 9.97. The lowest BCUT2D eigenvalue weighted by Crippen LogP contribution is -2.32. The molecule has 0 saturated carbocycles. The largest absolute Gasteiger partial charge is 0.493 e. The molecule has 0 bridgehead atoms. The summed E-state index contributed by atoms with van der Waals surface area (Å²) in [5, 5.41) is 2.96. The zero-order valence-electron chi connectivity index (χ0n) is 17.7. The van der Waals surface area contributed by atoms with Crippen LogP contribution in [0.15, 0.2) is 36.4 Å². The first kappa shape index (κ1) is 20.8. The van der Waals surface area contributed by atoms with Crippen molar-refractivity contribution in [3.8, 4) is 17.2 Å². The third-order valence-electron chi connectivity index (χ3n) is 5.39. The van der Waals surface area contributed by atoms with Crippen molar-refractivity contribution >= 4 is 17.3 Å². The van der Waals surface area contributed by atoms with Crippen molar-refractivity contribution in [3.63, 3.8) is 0 Å². The Bertz CT molecular complexity index is 802. The Balaban J connectivity index is 1.63. The van der Waals surface area contributed by atoms with Crippen molar-refractivity contribution in [3.05, 3.63) is 42.0 Å². The van der Waals surface area contributed by atoms with Crippen LogP contribution in [0.4, 0.5) is 11.4 Å². The van der Waals surface area contributed by atoms with Gasteiger partial charge in [0.1, 0.15) is 0 Å². The summed E-state index contributed by atoms with van der Waals surface area (Å²) in [5.74, 6) is 2.30. The average Bonchev–Trinajstić information content (AvgIpc) is 2.74.